The van der Waals surface area contributed by atoms with Crippen molar-refractivity contribution in [2.45, 2.75) is 30.7 Å². The second kappa shape index (κ2) is 4.19. The molecule has 1 heterocycles. The van der Waals surface area contributed by atoms with E-state index in [2.05, 4.69) is 0 Å². The molecule has 1 aliphatic heterocycles. The molecule has 1 N–H and O–H groups in total. The number of thioether (sulfide) groups is 1. The summed E-state index contributed by atoms with van der Waals surface area (Å²) in [7, 11) is 0. The third-order valence-corrected chi connectivity index (χ3v) is 3.16. The summed E-state index contributed by atoms with van der Waals surface area (Å²) < 4.78 is 12.5. The van der Waals surface area contributed by atoms with Gasteiger partial charge in [0, 0.05) is 5.25 Å². The fourth-order valence-electron chi connectivity index (χ4n) is 1.19. The molecular weight excluding hydrogens is 151 g/mol. The highest BCUT2D eigenvalue weighted by atomic mass is 32.2. The first kappa shape index (κ1) is 8.34. The lowest BCUT2D eigenvalue weighted by atomic mass is 10.1. The third kappa shape index (κ3) is 2.46. The molecule has 2 atom stereocenters. The summed E-state index contributed by atoms with van der Waals surface area (Å²) in [5.74, 6) is 1.17. The van der Waals surface area contributed by atoms with Crippen LogP contribution in [0.25, 0.3) is 0 Å². The standard InChI is InChI=1S/C7H13FOS/c8-6(5-9)4-7-2-1-3-10-7/h6-7,9H,1-5H2. The predicted molar refractivity (Wildman–Crippen MR) is 42.1 cm³/mol. The first-order valence-corrected chi connectivity index (χ1v) is 4.74. The van der Waals surface area contributed by atoms with E-state index >= 15 is 0 Å². The number of aliphatic hydroxyl groups excluding tert-OH is 1. The monoisotopic (exact) mass is 164 g/mol. The van der Waals surface area contributed by atoms with Gasteiger partial charge in [0.25, 0.3) is 0 Å². The van der Waals surface area contributed by atoms with Gasteiger partial charge in [-0.15, -0.1) is 0 Å². The Labute approximate surface area is 65.0 Å². The summed E-state index contributed by atoms with van der Waals surface area (Å²) in [5, 5.41) is 8.89. The van der Waals surface area contributed by atoms with E-state index in [0.717, 1.165) is 6.42 Å². The van der Waals surface area contributed by atoms with E-state index in [-0.39, 0.29) is 6.61 Å². The molecule has 0 radical (unpaired) electrons. The minimum Gasteiger partial charge on any atom is -0.393 e. The van der Waals surface area contributed by atoms with Gasteiger partial charge in [-0.05, 0) is 25.0 Å². The largest absolute Gasteiger partial charge is 0.393 e. The maximum absolute atomic E-state index is 12.5. The average molecular weight is 164 g/mol. The van der Waals surface area contributed by atoms with Crippen molar-refractivity contribution in [2.75, 3.05) is 12.4 Å². The van der Waals surface area contributed by atoms with Gasteiger partial charge in [0.1, 0.15) is 6.17 Å². The summed E-state index contributed by atoms with van der Waals surface area (Å²) in [5.41, 5.74) is 0. The van der Waals surface area contributed by atoms with Crippen molar-refractivity contribution in [1.82, 2.24) is 0 Å². The fraction of sp³-hybridized carbons (Fsp3) is 1.00. The summed E-state index contributed by atoms with van der Waals surface area (Å²) in [4.78, 5) is 0. The zero-order valence-corrected chi connectivity index (χ0v) is 6.74. The Morgan fingerprint density at radius 2 is 2.50 bits per heavy atom. The van der Waals surface area contributed by atoms with Crippen molar-refractivity contribution in [1.29, 1.82) is 0 Å². The average Bonchev–Trinajstić information content (AvgIpc) is 2.40. The first-order valence-electron chi connectivity index (χ1n) is 3.69. The van der Waals surface area contributed by atoms with Crippen molar-refractivity contribution < 1.29 is 9.50 Å². The third-order valence-electron chi connectivity index (χ3n) is 1.74. The van der Waals surface area contributed by atoms with E-state index < -0.39 is 6.17 Å². The number of hydrogen-bond donors (Lipinski definition) is 1. The van der Waals surface area contributed by atoms with Crippen LogP contribution in [-0.2, 0) is 0 Å². The van der Waals surface area contributed by atoms with Gasteiger partial charge in [-0.1, -0.05) is 0 Å². The highest BCUT2D eigenvalue weighted by molar-refractivity contribution is 8.00. The quantitative estimate of drug-likeness (QED) is 0.683. The van der Waals surface area contributed by atoms with Gasteiger partial charge in [-0.2, -0.15) is 11.8 Å². The molecule has 3 heteroatoms. The van der Waals surface area contributed by atoms with Crippen LogP contribution in [-0.4, -0.2) is 28.9 Å². The molecule has 0 aromatic rings. The van der Waals surface area contributed by atoms with Crippen molar-refractivity contribution in [3.8, 4) is 0 Å². The molecular formula is C7H13FOS. The Hall–Kier alpha value is 0.240. The number of halogens is 1. The molecule has 0 aromatic carbocycles. The van der Waals surface area contributed by atoms with Gasteiger partial charge < -0.3 is 5.11 Å². The Kier molecular flexibility index (Phi) is 3.49. The van der Waals surface area contributed by atoms with Crippen LogP contribution in [0.15, 0.2) is 0 Å². The molecule has 60 valence electrons. The molecule has 0 aromatic heterocycles. The van der Waals surface area contributed by atoms with Crippen LogP contribution >= 0.6 is 11.8 Å². The normalized spacial score (nSPS) is 28.8. The zero-order chi connectivity index (χ0) is 7.40. The van der Waals surface area contributed by atoms with Gasteiger partial charge in [0.15, 0.2) is 0 Å². The molecule has 0 spiro atoms. The van der Waals surface area contributed by atoms with Crippen molar-refractivity contribution in [2.24, 2.45) is 0 Å². The Morgan fingerprint density at radius 1 is 1.70 bits per heavy atom. The number of rotatable bonds is 3. The van der Waals surface area contributed by atoms with Crippen molar-refractivity contribution in [3.05, 3.63) is 0 Å². The molecule has 0 bridgehead atoms. The van der Waals surface area contributed by atoms with Gasteiger partial charge in [-0.25, -0.2) is 4.39 Å². The van der Waals surface area contributed by atoms with E-state index in [9.17, 15) is 4.39 Å². The molecule has 0 amide bonds. The van der Waals surface area contributed by atoms with Crippen molar-refractivity contribution >= 4 is 11.8 Å². The maximum atomic E-state index is 12.5. The molecule has 1 rings (SSSR count). The van der Waals surface area contributed by atoms with Crippen LogP contribution in [0.5, 0.6) is 0 Å². The molecule has 0 saturated carbocycles. The fourth-order valence-corrected chi connectivity index (χ4v) is 2.53. The molecule has 1 fully saturated rings. The highest BCUT2D eigenvalue weighted by Gasteiger charge is 2.19. The first-order chi connectivity index (χ1) is 4.83. The minimum absolute atomic E-state index is 0.308. The SMILES string of the molecule is OCC(F)CC1CCCS1. The molecule has 2 unspecified atom stereocenters. The van der Waals surface area contributed by atoms with Crippen LogP contribution in [0.1, 0.15) is 19.3 Å². The summed E-state index contributed by atoms with van der Waals surface area (Å²) in [6, 6.07) is 0. The Balaban J connectivity index is 2.11. The second-order valence-corrected chi connectivity index (χ2v) is 4.06. The van der Waals surface area contributed by atoms with E-state index in [1.807, 2.05) is 11.8 Å². The molecule has 1 nitrogen and oxygen atoms in total. The molecule has 0 aliphatic carbocycles. The van der Waals surface area contributed by atoms with Gasteiger partial charge in [-0.3, -0.25) is 0 Å². The van der Waals surface area contributed by atoms with Crippen LogP contribution in [0.4, 0.5) is 4.39 Å². The van der Waals surface area contributed by atoms with Crippen LogP contribution < -0.4 is 0 Å². The van der Waals surface area contributed by atoms with Gasteiger partial charge in [0.2, 0.25) is 0 Å². The van der Waals surface area contributed by atoms with Crippen LogP contribution in [0.2, 0.25) is 0 Å². The number of hydrogen-bond acceptors (Lipinski definition) is 2. The van der Waals surface area contributed by atoms with E-state index in [0.29, 0.717) is 11.7 Å². The molecule has 1 aliphatic rings. The summed E-state index contributed by atoms with van der Waals surface area (Å²) in [6.07, 6.45) is 1.90. The Bertz CT molecular complexity index is 93.6. The molecule has 10 heavy (non-hydrogen) atoms. The lowest BCUT2D eigenvalue weighted by Crippen LogP contribution is -2.12. The predicted octanol–water partition coefficient (Wildman–Crippen LogP) is 1.60. The number of alkyl halides is 1. The van der Waals surface area contributed by atoms with E-state index in [4.69, 9.17) is 5.11 Å². The smallest absolute Gasteiger partial charge is 0.124 e. The van der Waals surface area contributed by atoms with Crippen molar-refractivity contribution in [3.63, 3.8) is 0 Å². The van der Waals surface area contributed by atoms with Gasteiger partial charge >= 0.3 is 0 Å². The summed E-state index contributed by atoms with van der Waals surface area (Å²) >= 11 is 1.83. The topological polar surface area (TPSA) is 20.2 Å². The minimum atomic E-state index is -0.990. The lowest BCUT2D eigenvalue weighted by Gasteiger charge is -2.09. The highest BCUT2D eigenvalue weighted by Crippen LogP contribution is 2.29. The Morgan fingerprint density at radius 3 is 3.00 bits per heavy atom. The van der Waals surface area contributed by atoms with Crippen LogP contribution in [0, 0.1) is 0 Å². The second-order valence-electron chi connectivity index (χ2n) is 2.65. The lowest BCUT2D eigenvalue weighted by molar-refractivity contribution is 0.169. The van der Waals surface area contributed by atoms with E-state index in [1.165, 1.54) is 12.2 Å². The number of aliphatic hydroxyl groups is 1. The zero-order valence-electron chi connectivity index (χ0n) is 5.92. The van der Waals surface area contributed by atoms with E-state index in [1.54, 1.807) is 0 Å². The maximum Gasteiger partial charge on any atom is 0.124 e. The summed E-state index contributed by atoms with van der Waals surface area (Å²) in [6.45, 7) is -0.308. The van der Waals surface area contributed by atoms with Gasteiger partial charge in [0.05, 0.1) is 6.61 Å². The van der Waals surface area contributed by atoms with Crippen LogP contribution in [0.3, 0.4) is 0 Å². The molecule has 1 saturated heterocycles.